The quantitative estimate of drug-likeness (QED) is 0.255. The second-order valence-corrected chi connectivity index (χ2v) is 10.5. The molecule has 36 heavy (non-hydrogen) atoms. The number of amides is 3. The summed E-state index contributed by atoms with van der Waals surface area (Å²) in [6.45, 7) is 0.277. The van der Waals surface area contributed by atoms with Crippen LogP contribution < -0.4 is 5.32 Å². The second kappa shape index (κ2) is 10.3. The predicted octanol–water partition coefficient (Wildman–Crippen LogP) is 6.78. The first-order valence-corrected chi connectivity index (χ1v) is 13.0. The average Bonchev–Trinajstić information content (AvgIpc) is 3.34. The van der Waals surface area contributed by atoms with E-state index in [9.17, 15) is 14.4 Å². The Morgan fingerprint density at radius 1 is 1.00 bits per heavy atom. The summed E-state index contributed by atoms with van der Waals surface area (Å²) in [5, 5.41) is 3.88. The van der Waals surface area contributed by atoms with E-state index < -0.39 is 17.1 Å². The Balaban J connectivity index is 1.36. The number of carbonyl (C=O) groups excluding carboxylic acids is 3. The third-order valence-electron chi connectivity index (χ3n) is 5.68. The van der Waals surface area contributed by atoms with Gasteiger partial charge in [-0.25, -0.2) is 0 Å². The van der Waals surface area contributed by atoms with Gasteiger partial charge in [0.15, 0.2) is 0 Å². The number of fused-ring (bicyclic) bond motifs is 1. The van der Waals surface area contributed by atoms with Crippen LogP contribution in [0.4, 0.5) is 10.5 Å². The van der Waals surface area contributed by atoms with Gasteiger partial charge in [-0.1, -0.05) is 57.9 Å². The zero-order valence-corrected chi connectivity index (χ0v) is 21.9. The number of halogens is 2. The van der Waals surface area contributed by atoms with Crippen molar-refractivity contribution in [1.29, 1.82) is 0 Å². The van der Waals surface area contributed by atoms with Gasteiger partial charge in [0.25, 0.3) is 11.1 Å². The molecule has 9 heteroatoms. The number of nitrogens with zero attached hydrogens (tertiary/aromatic N) is 2. The highest BCUT2D eigenvalue weighted by molar-refractivity contribution is 9.10. The lowest BCUT2D eigenvalue weighted by Crippen LogP contribution is -2.36. The van der Waals surface area contributed by atoms with Gasteiger partial charge in [-0.05, 0) is 65.9 Å². The molecule has 6 nitrogen and oxygen atoms in total. The first kappa shape index (κ1) is 24.4. The summed E-state index contributed by atoms with van der Waals surface area (Å²) in [5.74, 6) is -0.925. The molecule has 0 aliphatic carbocycles. The molecule has 0 spiro atoms. The van der Waals surface area contributed by atoms with Gasteiger partial charge in [0.2, 0.25) is 5.91 Å². The van der Waals surface area contributed by atoms with E-state index in [2.05, 4.69) is 25.8 Å². The molecule has 4 aromatic rings. The van der Waals surface area contributed by atoms with E-state index in [0.717, 1.165) is 43.2 Å². The number of nitrogens with one attached hydrogen (secondary N) is 1. The highest BCUT2D eigenvalue weighted by Gasteiger charge is 2.36. The Kier molecular flexibility index (Phi) is 7.00. The number of para-hydroxylation sites is 1. The van der Waals surface area contributed by atoms with Gasteiger partial charge in [-0.2, -0.15) is 0 Å². The topological polar surface area (TPSA) is 71.4 Å². The van der Waals surface area contributed by atoms with Crippen molar-refractivity contribution in [2.75, 3.05) is 11.9 Å². The molecular formula is C27H19BrClN3O3S. The molecule has 1 aliphatic heterocycles. The van der Waals surface area contributed by atoms with E-state index in [1.807, 2.05) is 54.7 Å². The number of benzene rings is 3. The molecule has 0 unspecified atom stereocenters. The van der Waals surface area contributed by atoms with Crippen molar-refractivity contribution in [2.24, 2.45) is 0 Å². The molecule has 1 saturated heterocycles. The normalized spacial score (nSPS) is 14.7. The molecule has 180 valence electrons. The predicted molar refractivity (Wildman–Crippen MR) is 148 cm³/mol. The summed E-state index contributed by atoms with van der Waals surface area (Å²) in [6.07, 6.45) is 3.69. The first-order valence-electron chi connectivity index (χ1n) is 11.0. The Hall–Kier alpha value is -3.33. The van der Waals surface area contributed by atoms with Gasteiger partial charge in [-0.15, -0.1) is 0 Å². The fourth-order valence-corrected chi connectivity index (χ4v) is 5.18. The molecule has 0 atom stereocenters. The molecule has 5 rings (SSSR count). The van der Waals surface area contributed by atoms with E-state index in [-0.39, 0.29) is 11.4 Å². The SMILES string of the molecule is O=C(CN1C(=O)S/C(=C\c2cn(Cc3ccc(Cl)cc3)c3ccccc23)C1=O)Nc1ccc(Br)cc1. The van der Waals surface area contributed by atoms with Crippen molar-refractivity contribution in [1.82, 2.24) is 9.47 Å². The van der Waals surface area contributed by atoms with E-state index in [0.29, 0.717) is 17.3 Å². The Bertz CT molecular complexity index is 1510. The molecule has 3 aromatic carbocycles. The van der Waals surface area contributed by atoms with Crippen LogP contribution in [0.25, 0.3) is 17.0 Å². The van der Waals surface area contributed by atoms with E-state index >= 15 is 0 Å². The third kappa shape index (κ3) is 5.26. The highest BCUT2D eigenvalue weighted by Crippen LogP contribution is 2.34. The number of hydrogen-bond donors (Lipinski definition) is 1. The van der Waals surface area contributed by atoms with Gasteiger partial charge in [-0.3, -0.25) is 19.3 Å². The monoisotopic (exact) mass is 579 g/mol. The highest BCUT2D eigenvalue weighted by atomic mass is 79.9. The maximum Gasteiger partial charge on any atom is 0.294 e. The smallest absolute Gasteiger partial charge is 0.294 e. The van der Waals surface area contributed by atoms with Crippen molar-refractivity contribution >= 4 is 79.0 Å². The average molecular weight is 581 g/mol. The number of thioether (sulfide) groups is 1. The maximum absolute atomic E-state index is 13.0. The van der Waals surface area contributed by atoms with Gasteiger partial charge < -0.3 is 9.88 Å². The van der Waals surface area contributed by atoms with Crippen LogP contribution in [0, 0.1) is 0 Å². The number of rotatable bonds is 6. The van der Waals surface area contributed by atoms with Gasteiger partial charge in [0.05, 0.1) is 4.91 Å². The number of imide groups is 1. The van der Waals surface area contributed by atoms with E-state index in [1.54, 1.807) is 30.3 Å². The lowest BCUT2D eigenvalue weighted by atomic mass is 10.1. The van der Waals surface area contributed by atoms with Crippen LogP contribution in [-0.4, -0.2) is 33.1 Å². The van der Waals surface area contributed by atoms with Crippen LogP contribution in [0.5, 0.6) is 0 Å². The summed E-state index contributed by atoms with van der Waals surface area (Å²) >= 11 is 10.2. The summed E-state index contributed by atoms with van der Waals surface area (Å²) in [7, 11) is 0. The van der Waals surface area contributed by atoms with Crippen LogP contribution in [0.1, 0.15) is 11.1 Å². The summed E-state index contributed by atoms with van der Waals surface area (Å²) in [4.78, 5) is 39.3. The third-order valence-corrected chi connectivity index (χ3v) is 7.36. The minimum Gasteiger partial charge on any atom is -0.342 e. The first-order chi connectivity index (χ1) is 17.4. The molecule has 0 saturated carbocycles. The van der Waals surface area contributed by atoms with Gasteiger partial charge >= 0.3 is 0 Å². The number of hydrogen-bond acceptors (Lipinski definition) is 4. The molecule has 1 N–H and O–H groups in total. The Morgan fingerprint density at radius 2 is 1.72 bits per heavy atom. The van der Waals surface area contributed by atoms with Gasteiger partial charge in [0.1, 0.15) is 6.54 Å². The Labute approximate surface area is 225 Å². The van der Waals surface area contributed by atoms with Gasteiger partial charge in [0, 0.05) is 44.4 Å². The van der Waals surface area contributed by atoms with Crippen LogP contribution in [0.3, 0.4) is 0 Å². The fraction of sp³-hybridized carbons (Fsp3) is 0.0741. The zero-order valence-electron chi connectivity index (χ0n) is 18.8. The minimum atomic E-state index is -0.481. The number of anilines is 1. The summed E-state index contributed by atoms with van der Waals surface area (Å²) < 4.78 is 2.98. The molecule has 0 radical (unpaired) electrons. The van der Waals surface area contributed by atoms with Crippen LogP contribution in [-0.2, 0) is 16.1 Å². The van der Waals surface area contributed by atoms with Crippen molar-refractivity contribution in [3.63, 3.8) is 0 Å². The van der Waals surface area contributed by atoms with E-state index in [4.69, 9.17) is 11.6 Å². The number of aromatic nitrogens is 1. The van der Waals surface area contributed by atoms with E-state index in [1.165, 1.54) is 0 Å². The summed E-state index contributed by atoms with van der Waals surface area (Å²) in [6, 6.07) is 22.6. The lowest BCUT2D eigenvalue weighted by Gasteiger charge is -2.12. The number of carbonyl (C=O) groups is 3. The standard InChI is InChI=1S/C27H19BrClN3O3S/c28-19-7-11-21(12-8-19)30-25(33)16-32-26(34)24(36-27(32)35)13-18-15-31(23-4-2-1-3-22(18)23)14-17-5-9-20(29)10-6-17/h1-13,15H,14,16H2,(H,30,33)/b24-13-. The maximum atomic E-state index is 13.0. The Morgan fingerprint density at radius 3 is 2.47 bits per heavy atom. The molecule has 1 fully saturated rings. The van der Waals surface area contributed by atoms with Crippen LogP contribution in [0.15, 0.2) is 88.4 Å². The minimum absolute atomic E-state index is 0.283. The molecule has 1 aliphatic rings. The molecule has 2 heterocycles. The molecule has 3 amide bonds. The summed E-state index contributed by atoms with van der Waals surface area (Å²) in [5.41, 5.74) is 3.50. The van der Waals surface area contributed by atoms with Crippen LogP contribution in [0.2, 0.25) is 5.02 Å². The molecule has 0 bridgehead atoms. The largest absolute Gasteiger partial charge is 0.342 e. The van der Waals surface area contributed by atoms with Crippen LogP contribution >= 0.6 is 39.3 Å². The molecular weight excluding hydrogens is 562 g/mol. The van der Waals surface area contributed by atoms with Crippen molar-refractivity contribution in [3.05, 3.63) is 105 Å². The molecule has 1 aromatic heterocycles. The van der Waals surface area contributed by atoms with Crippen molar-refractivity contribution < 1.29 is 14.4 Å². The lowest BCUT2D eigenvalue weighted by molar-refractivity contribution is -0.127. The second-order valence-electron chi connectivity index (χ2n) is 8.18. The zero-order chi connectivity index (χ0) is 25.2. The van der Waals surface area contributed by atoms with Crippen molar-refractivity contribution in [3.8, 4) is 0 Å². The fourth-order valence-electron chi connectivity index (χ4n) is 3.96. The van der Waals surface area contributed by atoms with Crippen molar-refractivity contribution in [2.45, 2.75) is 6.54 Å².